The Kier molecular flexibility index (Phi) is 4.62. The maximum Gasteiger partial charge on any atom is 0.148 e. The van der Waals surface area contributed by atoms with Crippen molar-refractivity contribution >= 4 is 33.1 Å². The van der Waals surface area contributed by atoms with E-state index in [4.69, 9.17) is 23.4 Å². The van der Waals surface area contributed by atoms with Crippen LogP contribution < -0.4 is 4.74 Å². The molecule has 2 rings (SSSR count). The fourth-order valence-electron chi connectivity index (χ4n) is 1.97. The Morgan fingerprint density at radius 2 is 2.17 bits per heavy atom. The van der Waals surface area contributed by atoms with Gasteiger partial charge in [0.15, 0.2) is 0 Å². The minimum atomic E-state index is 0.272. The Hall–Kier alpha value is -1.05. The van der Waals surface area contributed by atoms with E-state index in [2.05, 4.69) is 26.8 Å². The first-order valence-corrected chi connectivity index (χ1v) is 7.07. The van der Waals surface area contributed by atoms with Crippen molar-refractivity contribution in [2.24, 2.45) is 0 Å². The van der Waals surface area contributed by atoms with Crippen LogP contribution in [-0.2, 0) is 0 Å². The van der Waals surface area contributed by atoms with Gasteiger partial charge in [0.1, 0.15) is 17.3 Å². The van der Waals surface area contributed by atoms with Crippen molar-refractivity contribution in [1.29, 1.82) is 0 Å². The van der Waals surface area contributed by atoms with Crippen LogP contribution in [0, 0.1) is 12.3 Å². The Morgan fingerprint density at radius 1 is 1.44 bits per heavy atom. The fourth-order valence-corrected chi connectivity index (χ4v) is 2.78. The molecule has 1 heterocycles. The first-order chi connectivity index (χ1) is 8.72. The molecular weight excluding hydrogens is 310 g/mol. The third kappa shape index (κ3) is 3.04. The van der Waals surface area contributed by atoms with Crippen molar-refractivity contribution in [1.82, 2.24) is 4.90 Å². The lowest BCUT2D eigenvalue weighted by molar-refractivity contribution is 0.368. The lowest BCUT2D eigenvalue weighted by Gasteiger charge is -2.19. The zero-order valence-corrected chi connectivity index (χ0v) is 12.4. The van der Waals surface area contributed by atoms with E-state index >= 15 is 0 Å². The second kappa shape index (κ2) is 6.21. The molecule has 18 heavy (non-hydrogen) atoms. The second-order valence-electron chi connectivity index (χ2n) is 4.14. The van der Waals surface area contributed by atoms with E-state index in [-0.39, 0.29) is 6.61 Å². The molecule has 0 atom stereocenters. The van der Waals surface area contributed by atoms with Gasteiger partial charge in [-0.1, -0.05) is 18.1 Å². The molecule has 0 saturated carbocycles. The van der Waals surface area contributed by atoms with Crippen LogP contribution >= 0.6 is 28.1 Å². The highest BCUT2D eigenvalue weighted by molar-refractivity contribution is 9.10. The molecule has 1 aromatic rings. The van der Waals surface area contributed by atoms with Crippen LogP contribution in [0.2, 0.25) is 0 Å². The van der Waals surface area contributed by atoms with E-state index in [1.54, 1.807) is 0 Å². The molecule has 0 unspecified atom stereocenters. The van der Waals surface area contributed by atoms with Crippen LogP contribution in [0.5, 0.6) is 5.75 Å². The number of nitrogens with zero attached hydrogens (tertiary/aromatic N) is 1. The smallest absolute Gasteiger partial charge is 0.148 e. The van der Waals surface area contributed by atoms with E-state index in [1.165, 1.54) is 12.8 Å². The highest BCUT2D eigenvalue weighted by Gasteiger charge is 2.16. The monoisotopic (exact) mass is 323 g/mol. The molecule has 0 amide bonds. The summed E-state index contributed by atoms with van der Waals surface area (Å²) in [5.74, 6) is 3.20. The highest BCUT2D eigenvalue weighted by Crippen LogP contribution is 2.27. The summed E-state index contributed by atoms with van der Waals surface area (Å²) in [5, 5.41) is 0. The van der Waals surface area contributed by atoms with Crippen molar-refractivity contribution in [3.05, 3.63) is 28.2 Å². The standard InChI is InChI=1S/C14H14BrNOS/c1-2-9-17-13-6-5-11(10-12(13)15)14(18)16-7-3-4-8-16/h1,5-6,10H,3-4,7-9H2. The van der Waals surface area contributed by atoms with Gasteiger partial charge in [-0.15, -0.1) is 6.42 Å². The lowest BCUT2D eigenvalue weighted by atomic mass is 10.2. The van der Waals surface area contributed by atoms with Crippen LogP contribution in [0.15, 0.2) is 22.7 Å². The molecule has 2 nitrogen and oxygen atoms in total. The molecule has 0 aromatic heterocycles. The zero-order valence-electron chi connectivity index (χ0n) is 9.99. The summed E-state index contributed by atoms with van der Waals surface area (Å²) in [7, 11) is 0. The molecule has 0 spiro atoms. The Bertz CT molecular complexity index is 489. The number of terminal acetylenes is 1. The molecule has 1 aliphatic heterocycles. The number of hydrogen-bond donors (Lipinski definition) is 0. The number of likely N-dealkylation sites (tertiary alicyclic amines) is 1. The number of thiocarbonyl (C=S) groups is 1. The molecule has 1 aliphatic rings. The van der Waals surface area contributed by atoms with Gasteiger partial charge in [-0.3, -0.25) is 0 Å². The number of rotatable bonds is 3. The van der Waals surface area contributed by atoms with Gasteiger partial charge in [0.2, 0.25) is 0 Å². The minimum Gasteiger partial charge on any atom is -0.480 e. The van der Waals surface area contributed by atoms with E-state index in [1.807, 2.05) is 18.2 Å². The summed E-state index contributed by atoms with van der Waals surface area (Å²) in [6, 6.07) is 5.88. The number of benzene rings is 1. The average molecular weight is 324 g/mol. The van der Waals surface area contributed by atoms with Crippen LogP contribution in [0.3, 0.4) is 0 Å². The summed E-state index contributed by atoms with van der Waals surface area (Å²) in [4.78, 5) is 3.16. The average Bonchev–Trinajstić information content (AvgIpc) is 2.90. The lowest BCUT2D eigenvalue weighted by Crippen LogP contribution is -2.26. The van der Waals surface area contributed by atoms with Gasteiger partial charge >= 0.3 is 0 Å². The van der Waals surface area contributed by atoms with Crippen molar-refractivity contribution in [3.63, 3.8) is 0 Å². The predicted molar refractivity (Wildman–Crippen MR) is 81.0 cm³/mol. The second-order valence-corrected chi connectivity index (χ2v) is 5.38. The van der Waals surface area contributed by atoms with Gasteiger partial charge in [0, 0.05) is 18.7 Å². The SMILES string of the molecule is C#CCOc1ccc(C(=S)N2CCCC2)cc1Br. The van der Waals surface area contributed by atoms with Gasteiger partial charge in [-0.25, -0.2) is 0 Å². The largest absolute Gasteiger partial charge is 0.480 e. The molecule has 0 N–H and O–H groups in total. The molecule has 1 fully saturated rings. The third-order valence-electron chi connectivity index (χ3n) is 2.88. The summed E-state index contributed by atoms with van der Waals surface area (Å²) in [6.07, 6.45) is 7.62. The Morgan fingerprint density at radius 3 is 2.78 bits per heavy atom. The summed E-state index contributed by atoms with van der Waals surface area (Å²) < 4.78 is 6.29. The van der Waals surface area contributed by atoms with E-state index in [9.17, 15) is 0 Å². The normalized spacial score (nSPS) is 14.3. The molecule has 0 bridgehead atoms. The molecule has 0 radical (unpaired) electrons. The number of hydrogen-bond acceptors (Lipinski definition) is 2. The summed E-state index contributed by atoms with van der Waals surface area (Å²) in [6.45, 7) is 2.39. The van der Waals surface area contributed by atoms with Crippen LogP contribution in [0.4, 0.5) is 0 Å². The van der Waals surface area contributed by atoms with Crippen molar-refractivity contribution in [2.45, 2.75) is 12.8 Å². The molecule has 1 saturated heterocycles. The highest BCUT2D eigenvalue weighted by atomic mass is 79.9. The van der Waals surface area contributed by atoms with Gasteiger partial charge in [0.05, 0.1) is 4.47 Å². The van der Waals surface area contributed by atoms with Gasteiger partial charge in [-0.2, -0.15) is 0 Å². The first kappa shape index (κ1) is 13.4. The summed E-state index contributed by atoms with van der Waals surface area (Å²) in [5.41, 5.74) is 1.05. The molecule has 1 aromatic carbocycles. The topological polar surface area (TPSA) is 12.5 Å². The summed E-state index contributed by atoms with van der Waals surface area (Å²) >= 11 is 8.99. The van der Waals surface area contributed by atoms with E-state index in [0.29, 0.717) is 0 Å². The van der Waals surface area contributed by atoms with Gasteiger partial charge < -0.3 is 9.64 Å². The van der Waals surface area contributed by atoms with Gasteiger partial charge in [0.25, 0.3) is 0 Å². The van der Waals surface area contributed by atoms with E-state index < -0.39 is 0 Å². The maximum atomic E-state index is 5.50. The Balaban J connectivity index is 2.12. The zero-order chi connectivity index (χ0) is 13.0. The molecule has 0 aliphatic carbocycles. The van der Waals surface area contributed by atoms with Crippen molar-refractivity contribution in [2.75, 3.05) is 19.7 Å². The van der Waals surface area contributed by atoms with Crippen LogP contribution in [0.1, 0.15) is 18.4 Å². The number of halogens is 1. The van der Waals surface area contributed by atoms with Crippen LogP contribution in [-0.4, -0.2) is 29.6 Å². The van der Waals surface area contributed by atoms with Gasteiger partial charge in [-0.05, 0) is 47.0 Å². The van der Waals surface area contributed by atoms with E-state index in [0.717, 1.165) is 33.9 Å². The minimum absolute atomic E-state index is 0.272. The number of ether oxygens (including phenoxy) is 1. The fraction of sp³-hybridized carbons (Fsp3) is 0.357. The van der Waals surface area contributed by atoms with Crippen LogP contribution in [0.25, 0.3) is 0 Å². The third-order valence-corrected chi connectivity index (χ3v) is 4.00. The quantitative estimate of drug-likeness (QED) is 0.626. The first-order valence-electron chi connectivity index (χ1n) is 5.87. The Labute approximate surface area is 121 Å². The molecular formula is C14H14BrNOS. The maximum absolute atomic E-state index is 5.50. The van der Waals surface area contributed by atoms with Crippen molar-refractivity contribution < 1.29 is 4.74 Å². The molecule has 94 valence electrons. The predicted octanol–water partition coefficient (Wildman–Crippen LogP) is 3.23. The molecule has 4 heteroatoms. The van der Waals surface area contributed by atoms with Crippen molar-refractivity contribution in [3.8, 4) is 18.1 Å².